The largest absolute Gasteiger partial charge is 0.353 e. The fourth-order valence-electron chi connectivity index (χ4n) is 5.27. The van der Waals surface area contributed by atoms with E-state index in [2.05, 4.69) is 11.4 Å². The fraction of sp³-hybridized carbons (Fsp3) is 0.640. The Kier molecular flexibility index (Phi) is 6.86. The number of aryl methyl sites for hydroxylation is 2. The molecule has 0 aromatic heterocycles. The molecule has 5 nitrogen and oxygen atoms in total. The third-order valence-corrected chi connectivity index (χ3v) is 7.13. The van der Waals surface area contributed by atoms with Gasteiger partial charge in [-0.25, -0.2) is 0 Å². The Morgan fingerprint density at radius 1 is 0.867 bits per heavy atom. The number of carbonyl (C=O) groups is 3. The zero-order valence-corrected chi connectivity index (χ0v) is 18.0. The van der Waals surface area contributed by atoms with E-state index in [1.807, 2.05) is 17.0 Å². The lowest BCUT2D eigenvalue weighted by Gasteiger charge is -2.35. The van der Waals surface area contributed by atoms with Gasteiger partial charge in [0.2, 0.25) is 11.8 Å². The number of Topliss-reactive ketones (excluding diaryl/α,β-unsaturated/α-hetero) is 1. The van der Waals surface area contributed by atoms with Crippen LogP contribution in [-0.4, -0.2) is 41.6 Å². The predicted octanol–water partition coefficient (Wildman–Crippen LogP) is 3.83. The highest BCUT2D eigenvalue weighted by Crippen LogP contribution is 2.27. The summed E-state index contributed by atoms with van der Waals surface area (Å²) in [4.78, 5) is 39.5. The van der Waals surface area contributed by atoms with Crippen molar-refractivity contribution >= 4 is 17.6 Å². The number of hydrogen-bond donors (Lipinski definition) is 1. The maximum Gasteiger partial charge on any atom is 0.225 e. The van der Waals surface area contributed by atoms with Crippen molar-refractivity contribution in [2.24, 2.45) is 5.92 Å². The molecule has 1 aromatic carbocycles. The van der Waals surface area contributed by atoms with Gasteiger partial charge >= 0.3 is 0 Å². The first-order chi connectivity index (χ1) is 14.6. The topological polar surface area (TPSA) is 66.5 Å². The van der Waals surface area contributed by atoms with Gasteiger partial charge in [-0.2, -0.15) is 0 Å². The number of likely N-dealkylation sites (tertiary alicyclic amines) is 1. The minimum atomic E-state index is -0.0541. The normalized spacial score (nSPS) is 20.1. The lowest BCUT2D eigenvalue weighted by molar-refractivity contribution is -0.137. The molecule has 0 bridgehead atoms. The van der Waals surface area contributed by atoms with Crippen molar-refractivity contribution < 1.29 is 14.4 Å². The van der Waals surface area contributed by atoms with Crippen molar-refractivity contribution in [1.82, 2.24) is 10.2 Å². The van der Waals surface area contributed by atoms with Crippen LogP contribution in [0.2, 0.25) is 0 Å². The lowest BCUT2D eigenvalue weighted by atomic mass is 9.87. The van der Waals surface area contributed by atoms with Gasteiger partial charge in [-0.1, -0.05) is 31.4 Å². The first kappa shape index (κ1) is 21.1. The summed E-state index contributed by atoms with van der Waals surface area (Å²) in [5, 5.41) is 3.08. The van der Waals surface area contributed by atoms with Crippen molar-refractivity contribution in [1.29, 1.82) is 0 Å². The molecule has 1 aromatic rings. The van der Waals surface area contributed by atoms with Gasteiger partial charge < -0.3 is 10.2 Å². The average Bonchev–Trinajstić information content (AvgIpc) is 3.26. The van der Waals surface area contributed by atoms with Crippen LogP contribution in [-0.2, 0) is 22.4 Å². The second-order valence-corrected chi connectivity index (χ2v) is 9.26. The van der Waals surface area contributed by atoms with Crippen LogP contribution in [0.1, 0.15) is 85.7 Å². The van der Waals surface area contributed by atoms with E-state index in [9.17, 15) is 14.4 Å². The number of piperidine rings is 1. The second-order valence-electron chi connectivity index (χ2n) is 9.26. The van der Waals surface area contributed by atoms with Crippen LogP contribution in [0.3, 0.4) is 0 Å². The molecule has 0 radical (unpaired) electrons. The molecular formula is C25H34N2O3. The molecule has 2 aliphatic carbocycles. The summed E-state index contributed by atoms with van der Waals surface area (Å²) < 4.78 is 0. The van der Waals surface area contributed by atoms with Gasteiger partial charge in [-0.05, 0) is 62.1 Å². The first-order valence-corrected chi connectivity index (χ1v) is 11.8. The Morgan fingerprint density at radius 2 is 1.60 bits per heavy atom. The van der Waals surface area contributed by atoms with Crippen molar-refractivity contribution in [3.05, 3.63) is 34.9 Å². The maximum atomic E-state index is 12.7. The van der Waals surface area contributed by atoms with E-state index in [-0.39, 0.29) is 36.5 Å². The van der Waals surface area contributed by atoms with E-state index < -0.39 is 0 Å². The van der Waals surface area contributed by atoms with Crippen molar-refractivity contribution in [2.75, 3.05) is 13.1 Å². The molecule has 4 rings (SSSR count). The number of nitrogens with zero attached hydrogens (tertiary/aromatic N) is 1. The van der Waals surface area contributed by atoms with Gasteiger partial charge in [0.25, 0.3) is 0 Å². The van der Waals surface area contributed by atoms with Crippen LogP contribution in [0.5, 0.6) is 0 Å². The summed E-state index contributed by atoms with van der Waals surface area (Å²) in [5.41, 5.74) is 3.38. The predicted molar refractivity (Wildman–Crippen MR) is 116 cm³/mol. The van der Waals surface area contributed by atoms with Crippen LogP contribution >= 0.6 is 0 Å². The van der Waals surface area contributed by atoms with E-state index >= 15 is 0 Å². The highest BCUT2D eigenvalue weighted by atomic mass is 16.2. The fourth-order valence-corrected chi connectivity index (χ4v) is 5.27. The average molecular weight is 411 g/mol. The van der Waals surface area contributed by atoms with E-state index in [0.717, 1.165) is 57.2 Å². The van der Waals surface area contributed by atoms with Gasteiger partial charge in [0.1, 0.15) is 0 Å². The Balaban J connectivity index is 1.18. The Hall–Kier alpha value is -2.17. The number of carbonyl (C=O) groups excluding carboxylic acids is 3. The number of hydrogen-bond acceptors (Lipinski definition) is 3. The Bertz CT molecular complexity index is 790. The monoisotopic (exact) mass is 410 g/mol. The zero-order valence-electron chi connectivity index (χ0n) is 18.0. The molecule has 1 heterocycles. The third kappa shape index (κ3) is 5.11. The van der Waals surface area contributed by atoms with Crippen molar-refractivity contribution in [2.45, 2.75) is 83.1 Å². The summed E-state index contributed by atoms with van der Waals surface area (Å²) in [5.74, 6) is 0.531. The van der Waals surface area contributed by atoms with Crippen LogP contribution in [0.25, 0.3) is 0 Å². The molecule has 2 fully saturated rings. The van der Waals surface area contributed by atoms with Crippen LogP contribution < -0.4 is 5.32 Å². The minimum absolute atomic E-state index is 0.0488. The number of ketones is 1. The zero-order chi connectivity index (χ0) is 20.9. The van der Waals surface area contributed by atoms with Gasteiger partial charge in [0, 0.05) is 43.5 Å². The number of amides is 2. The molecule has 0 unspecified atom stereocenters. The number of nitrogens with one attached hydrogen (secondary N) is 1. The number of fused-ring (bicyclic) bond motifs is 1. The van der Waals surface area contributed by atoms with Crippen LogP contribution in [0, 0.1) is 5.92 Å². The van der Waals surface area contributed by atoms with Crippen molar-refractivity contribution in [3.8, 4) is 0 Å². The summed E-state index contributed by atoms with van der Waals surface area (Å²) in [6.07, 6.45) is 11.1. The quantitative estimate of drug-likeness (QED) is 0.725. The Morgan fingerprint density at radius 3 is 2.37 bits per heavy atom. The van der Waals surface area contributed by atoms with Crippen LogP contribution in [0.4, 0.5) is 0 Å². The summed E-state index contributed by atoms with van der Waals surface area (Å²) in [6, 6.07) is 6.10. The van der Waals surface area contributed by atoms with E-state index in [0.29, 0.717) is 5.91 Å². The standard InChI is InChI=1S/C25H34N2O3/c28-23(21-10-9-18-7-4-8-20(18)17-21)11-12-24(29)26-22-13-15-27(16-14-22)25(30)19-5-2-1-3-6-19/h9-10,17,19,22H,1-8,11-16H2,(H,26,29). The second kappa shape index (κ2) is 9.76. The summed E-state index contributed by atoms with van der Waals surface area (Å²) in [6.45, 7) is 1.46. The molecule has 0 spiro atoms. The first-order valence-electron chi connectivity index (χ1n) is 11.8. The molecule has 1 aliphatic heterocycles. The summed E-state index contributed by atoms with van der Waals surface area (Å²) >= 11 is 0. The SMILES string of the molecule is O=C(CCC(=O)c1ccc2c(c1)CCC2)NC1CCN(C(=O)C2CCCCC2)CC1. The highest BCUT2D eigenvalue weighted by Gasteiger charge is 2.29. The third-order valence-electron chi connectivity index (χ3n) is 7.13. The summed E-state index contributed by atoms with van der Waals surface area (Å²) in [7, 11) is 0. The molecule has 1 saturated carbocycles. The van der Waals surface area contributed by atoms with Crippen molar-refractivity contribution in [3.63, 3.8) is 0 Å². The molecule has 162 valence electrons. The van der Waals surface area contributed by atoms with Gasteiger partial charge in [-0.3, -0.25) is 14.4 Å². The Labute approximate surface area is 179 Å². The molecule has 1 saturated heterocycles. The molecule has 30 heavy (non-hydrogen) atoms. The van der Waals surface area contributed by atoms with E-state index in [1.165, 1.54) is 36.8 Å². The molecule has 1 N–H and O–H groups in total. The molecule has 5 heteroatoms. The van der Waals surface area contributed by atoms with Gasteiger partial charge in [-0.15, -0.1) is 0 Å². The highest BCUT2D eigenvalue weighted by molar-refractivity contribution is 5.98. The van der Waals surface area contributed by atoms with E-state index in [4.69, 9.17) is 0 Å². The maximum absolute atomic E-state index is 12.7. The van der Waals surface area contributed by atoms with Gasteiger partial charge in [0.05, 0.1) is 0 Å². The number of benzene rings is 1. The smallest absolute Gasteiger partial charge is 0.225 e. The molecular weight excluding hydrogens is 376 g/mol. The van der Waals surface area contributed by atoms with Gasteiger partial charge in [0.15, 0.2) is 5.78 Å². The minimum Gasteiger partial charge on any atom is -0.353 e. The number of rotatable bonds is 6. The lowest BCUT2D eigenvalue weighted by Crippen LogP contribution is -2.48. The molecule has 2 amide bonds. The molecule has 3 aliphatic rings. The van der Waals surface area contributed by atoms with E-state index in [1.54, 1.807) is 0 Å². The molecule has 0 atom stereocenters. The van der Waals surface area contributed by atoms with Crippen LogP contribution in [0.15, 0.2) is 18.2 Å².